The van der Waals surface area contributed by atoms with Gasteiger partial charge in [0, 0.05) is 23.8 Å². The topological polar surface area (TPSA) is 102 Å². The summed E-state index contributed by atoms with van der Waals surface area (Å²) < 4.78 is 29.6. The molecule has 154 valence electrons. The smallest absolute Gasteiger partial charge is 0.238 e. The molecule has 2 heterocycles. The summed E-state index contributed by atoms with van der Waals surface area (Å²) in [5.41, 5.74) is 2.71. The van der Waals surface area contributed by atoms with Crippen LogP contribution in [0.4, 0.5) is 5.69 Å². The van der Waals surface area contributed by atoms with Crippen LogP contribution in [0.5, 0.6) is 0 Å². The van der Waals surface area contributed by atoms with Crippen molar-refractivity contribution in [3.05, 3.63) is 58.1 Å². The quantitative estimate of drug-likeness (QED) is 0.747. The lowest BCUT2D eigenvalue weighted by atomic mass is 9.97. The third-order valence-corrected chi connectivity index (χ3v) is 6.71. The molecule has 9 heteroatoms. The first kappa shape index (κ1) is 20.3. The molecule has 2 aromatic rings. The lowest BCUT2D eigenvalue weighted by Crippen LogP contribution is -2.50. The van der Waals surface area contributed by atoms with E-state index in [1.165, 1.54) is 6.07 Å². The number of benzene rings is 2. The van der Waals surface area contributed by atoms with Gasteiger partial charge in [0.05, 0.1) is 30.6 Å². The van der Waals surface area contributed by atoms with Crippen LogP contribution in [-0.2, 0) is 38.9 Å². The van der Waals surface area contributed by atoms with Crippen LogP contribution >= 0.6 is 11.6 Å². The summed E-state index contributed by atoms with van der Waals surface area (Å²) in [6, 6.07) is 10.7. The van der Waals surface area contributed by atoms with Crippen LogP contribution in [-0.4, -0.2) is 45.0 Å². The zero-order chi connectivity index (χ0) is 20.6. The highest BCUT2D eigenvalue weighted by Crippen LogP contribution is 2.31. The van der Waals surface area contributed by atoms with Crippen molar-refractivity contribution in [2.75, 3.05) is 25.1 Å². The van der Waals surface area contributed by atoms with Gasteiger partial charge >= 0.3 is 0 Å². The number of carbonyl (C=O) groups is 1. The second-order valence-corrected chi connectivity index (χ2v) is 9.32. The Morgan fingerprint density at radius 2 is 2.03 bits per heavy atom. The molecule has 0 unspecified atom stereocenters. The van der Waals surface area contributed by atoms with E-state index in [9.17, 15) is 13.2 Å². The second kappa shape index (κ2) is 8.04. The number of fused-ring (bicyclic) bond motifs is 1. The van der Waals surface area contributed by atoms with Crippen LogP contribution in [0.2, 0.25) is 5.02 Å². The lowest BCUT2D eigenvalue weighted by molar-refractivity contribution is -0.115. The molecule has 4 rings (SSSR count). The molecule has 1 fully saturated rings. The number of carbonyl (C=O) groups excluding carboxylic acids is 1. The molecule has 2 aromatic carbocycles. The summed E-state index contributed by atoms with van der Waals surface area (Å²) in [5.74, 6) is -0.279. The molecule has 7 nitrogen and oxygen atoms in total. The summed E-state index contributed by atoms with van der Waals surface area (Å²) in [4.78, 5) is 14.9. The van der Waals surface area contributed by atoms with E-state index in [4.69, 9.17) is 21.5 Å². The average molecular weight is 436 g/mol. The van der Waals surface area contributed by atoms with Gasteiger partial charge in [-0.2, -0.15) is 0 Å². The third-order valence-electron chi connectivity index (χ3n) is 5.36. The number of rotatable bonds is 5. The maximum absolute atomic E-state index is 12.5. The minimum atomic E-state index is -3.91. The van der Waals surface area contributed by atoms with Gasteiger partial charge in [-0.25, -0.2) is 13.6 Å². The Morgan fingerprint density at radius 1 is 1.28 bits per heavy atom. The molecule has 3 N–H and O–H groups in total. The van der Waals surface area contributed by atoms with Gasteiger partial charge in [0.15, 0.2) is 0 Å². The molecule has 1 amide bonds. The molecule has 0 saturated carbocycles. The molecular formula is C20H22ClN3O4S. The van der Waals surface area contributed by atoms with Crippen molar-refractivity contribution in [1.82, 2.24) is 4.90 Å². The van der Waals surface area contributed by atoms with E-state index in [0.29, 0.717) is 48.5 Å². The molecule has 0 aromatic heterocycles. The van der Waals surface area contributed by atoms with Crippen LogP contribution in [0.15, 0.2) is 41.3 Å². The van der Waals surface area contributed by atoms with Gasteiger partial charge in [-0.05, 0) is 41.3 Å². The van der Waals surface area contributed by atoms with Gasteiger partial charge < -0.3 is 10.1 Å². The number of primary sulfonamides is 1. The molecule has 2 aliphatic heterocycles. The van der Waals surface area contributed by atoms with E-state index >= 15 is 0 Å². The normalized spacial score (nSPS) is 17.4. The van der Waals surface area contributed by atoms with Crippen molar-refractivity contribution >= 4 is 33.2 Å². The number of hydrogen-bond acceptors (Lipinski definition) is 5. The van der Waals surface area contributed by atoms with Gasteiger partial charge in [0.2, 0.25) is 15.9 Å². The number of amides is 1. The maximum Gasteiger partial charge on any atom is 0.238 e. The minimum Gasteiger partial charge on any atom is -0.378 e. The van der Waals surface area contributed by atoms with Crippen LogP contribution in [0.25, 0.3) is 0 Å². The Hall–Kier alpha value is -1.97. The minimum absolute atomic E-state index is 0.0764. The van der Waals surface area contributed by atoms with Gasteiger partial charge in [0.25, 0.3) is 0 Å². The Balaban J connectivity index is 1.60. The largest absolute Gasteiger partial charge is 0.378 e. The van der Waals surface area contributed by atoms with E-state index < -0.39 is 10.0 Å². The van der Waals surface area contributed by atoms with E-state index in [1.807, 2.05) is 12.1 Å². The second-order valence-electron chi connectivity index (χ2n) is 7.39. The third kappa shape index (κ3) is 4.46. The number of hydrogen-bond donors (Lipinski definition) is 2. The number of nitrogens with zero attached hydrogens (tertiary/aromatic N) is 1. The standard InChI is InChI=1S/C20H22ClN3O4S/c21-18-4-2-1-3-13(18)8-20(25)23-15-7-14-10-24(16-11-28-12-16)6-5-17(14)19(9-15)29(22,26)27/h1-4,7,9,16H,5-6,8,10-12H2,(H,23,25)(H2,22,26,27). The Labute approximate surface area is 174 Å². The lowest BCUT2D eigenvalue weighted by Gasteiger charge is -2.40. The van der Waals surface area contributed by atoms with E-state index in [1.54, 1.807) is 18.2 Å². The molecule has 2 aliphatic rings. The summed E-state index contributed by atoms with van der Waals surface area (Å²) >= 11 is 6.12. The average Bonchev–Trinajstić information content (AvgIpc) is 2.60. The van der Waals surface area contributed by atoms with Crippen molar-refractivity contribution in [3.63, 3.8) is 0 Å². The first-order valence-electron chi connectivity index (χ1n) is 9.35. The summed E-state index contributed by atoms with van der Waals surface area (Å²) in [6.07, 6.45) is 0.679. The number of nitrogens with two attached hydrogens (primary N) is 1. The number of halogens is 1. The highest BCUT2D eigenvalue weighted by atomic mass is 35.5. The monoisotopic (exact) mass is 435 g/mol. The van der Waals surface area contributed by atoms with Crippen LogP contribution < -0.4 is 10.5 Å². The Morgan fingerprint density at radius 3 is 2.69 bits per heavy atom. The Bertz CT molecular complexity index is 1050. The van der Waals surface area contributed by atoms with Crippen molar-refractivity contribution in [2.45, 2.75) is 30.3 Å². The van der Waals surface area contributed by atoms with E-state index in [0.717, 1.165) is 17.7 Å². The zero-order valence-corrected chi connectivity index (χ0v) is 17.3. The summed E-state index contributed by atoms with van der Waals surface area (Å²) in [7, 11) is -3.91. The maximum atomic E-state index is 12.5. The number of ether oxygens (including phenoxy) is 1. The number of anilines is 1. The van der Waals surface area contributed by atoms with Crippen molar-refractivity contribution in [3.8, 4) is 0 Å². The highest BCUT2D eigenvalue weighted by molar-refractivity contribution is 7.89. The van der Waals surface area contributed by atoms with Crippen LogP contribution in [0.3, 0.4) is 0 Å². The van der Waals surface area contributed by atoms with Gasteiger partial charge in [-0.3, -0.25) is 9.69 Å². The zero-order valence-electron chi connectivity index (χ0n) is 15.7. The number of sulfonamides is 1. The van der Waals surface area contributed by atoms with E-state index in [2.05, 4.69) is 10.2 Å². The van der Waals surface area contributed by atoms with Crippen LogP contribution in [0, 0.1) is 0 Å². The van der Waals surface area contributed by atoms with Crippen molar-refractivity contribution in [2.24, 2.45) is 5.14 Å². The molecule has 29 heavy (non-hydrogen) atoms. The molecule has 0 radical (unpaired) electrons. The van der Waals surface area contributed by atoms with Crippen LogP contribution in [0.1, 0.15) is 16.7 Å². The fraction of sp³-hybridized carbons (Fsp3) is 0.350. The fourth-order valence-electron chi connectivity index (χ4n) is 3.77. The van der Waals surface area contributed by atoms with Crippen molar-refractivity contribution < 1.29 is 17.9 Å². The molecule has 1 saturated heterocycles. The van der Waals surface area contributed by atoms with Crippen molar-refractivity contribution in [1.29, 1.82) is 0 Å². The molecule has 0 aliphatic carbocycles. The van der Waals surface area contributed by atoms with Gasteiger partial charge in [0.1, 0.15) is 0 Å². The molecule has 0 atom stereocenters. The van der Waals surface area contributed by atoms with Gasteiger partial charge in [-0.15, -0.1) is 0 Å². The highest BCUT2D eigenvalue weighted by Gasteiger charge is 2.31. The first-order chi connectivity index (χ1) is 13.8. The van der Waals surface area contributed by atoms with E-state index in [-0.39, 0.29) is 17.2 Å². The predicted molar refractivity (Wildman–Crippen MR) is 110 cm³/mol. The molecule has 0 spiro atoms. The summed E-state index contributed by atoms with van der Waals surface area (Å²) in [6.45, 7) is 2.72. The van der Waals surface area contributed by atoms with Gasteiger partial charge in [-0.1, -0.05) is 29.8 Å². The Kier molecular flexibility index (Phi) is 5.63. The molecule has 0 bridgehead atoms. The predicted octanol–water partition coefficient (Wildman–Crippen LogP) is 1.93. The fourth-order valence-corrected chi connectivity index (χ4v) is 4.84. The molecular weight excluding hydrogens is 414 g/mol. The first-order valence-corrected chi connectivity index (χ1v) is 11.3. The SMILES string of the molecule is NS(=O)(=O)c1cc(NC(=O)Cc2ccccc2Cl)cc2c1CCN(C1COC1)C2. The summed E-state index contributed by atoms with van der Waals surface area (Å²) in [5, 5.41) is 8.77. The number of nitrogens with one attached hydrogen (secondary N) is 1.